The average molecular weight is 451 g/mol. The summed E-state index contributed by atoms with van der Waals surface area (Å²) in [7, 11) is 1.69. The predicted octanol–water partition coefficient (Wildman–Crippen LogP) is 8.45. The molecule has 0 rings (SSSR count). The van der Waals surface area contributed by atoms with E-state index in [4.69, 9.17) is 9.05 Å². The van der Waals surface area contributed by atoms with Crippen molar-refractivity contribution in [1.29, 1.82) is 0 Å². The van der Waals surface area contributed by atoms with Gasteiger partial charge in [-0.25, -0.2) is 0 Å². The van der Waals surface area contributed by atoms with Gasteiger partial charge in [-0.1, -0.05) is 85.0 Å². The van der Waals surface area contributed by atoms with Gasteiger partial charge in [0.2, 0.25) is 0 Å². The largest absolute Gasteiger partial charge is 0.330 e. The van der Waals surface area contributed by atoms with Crippen LogP contribution in [-0.2, 0) is 13.6 Å². The molecule has 0 aliphatic carbocycles. The zero-order valence-electron chi connectivity index (χ0n) is 21.8. The topological polar surface area (TPSA) is 35.5 Å². The van der Waals surface area contributed by atoms with Gasteiger partial charge in [0.15, 0.2) is 0 Å². The van der Waals surface area contributed by atoms with Crippen molar-refractivity contribution in [3.8, 4) is 0 Å². The Labute approximate surface area is 190 Å². The van der Waals surface area contributed by atoms with Crippen molar-refractivity contribution in [2.24, 2.45) is 0 Å². The maximum Gasteiger partial charge on any atom is 0.330 e. The third-order valence-corrected chi connectivity index (χ3v) is 7.63. The lowest BCUT2D eigenvalue weighted by Gasteiger charge is -2.30. The van der Waals surface area contributed by atoms with Gasteiger partial charge in [0.05, 0.1) is 46.6 Å². The van der Waals surface area contributed by atoms with Crippen LogP contribution in [0, 0.1) is 0 Å². The Balaban J connectivity index is 0. The Morgan fingerprint density at radius 2 is 0.967 bits per heavy atom. The van der Waals surface area contributed by atoms with E-state index >= 15 is 0 Å². The summed E-state index contributed by atoms with van der Waals surface area (Å²) in [6.45, 7) is 13.2. The van der Waals surface area contributed by atoms with Crippen molar-refractivity contribution in [1.82, 2.24) is 0 Å². The fourth-order valence-corrected chi connectivity index (χ4v) is 5.39. The smallest absolute Gasteiger partial charge is 0.328 e. The first-order chi connectivity index (χ1) is 14.4. The highest BCUT2D eigenvalue weighted by Gasteiger charge is 2.25. The van der Waals surface area contributed by atoms with Gasteiger partial charge < -0.3 is 13.5 Å². The van der Waals surface area contributed by atoms with E-state index in [1.807, 2.05) is 27.7 Å². The summed E-state index contributed by atoms with van der Waals surface area (Å²) in [5, 5.41) is 0. The van der Waals surface area contributed by atoms with Crippen LogP contribution in [0.1, 0.15) is 118 Å². The van der Waals surface area contributed by atoms with E-state index in [1.54, 1.807) is 0 Å². The Bertz CT molecular complexity index is 379. The minimum atomic E-state index is -2.87. The van der Waals surface area contributed by atoms with Crippen molar-refractivity contribution in [3.63, 3.8) is 0 Å². The van der Waals surface area contributed by atoms with E-state index in [9.17, 15) is 4.57 Å². The molecule has 0 aromatic heterocycles. The van der Waals surface area contributed by atoms with Crippen LogP contribution in [0.3, 0.4) is 0 Å². The fraction of sp³-hybridized carbons (Fsp3) is 1.00. The molecule has 0 bridgehead atoms. The van der Waals surface area contributed by atoms with Crippen LogP contribution >= 0.6 is 7.60 Å². The third-order valence-electron chi connectivity index (χ3n) is 5.46. The molecule has 4 nitrogen and oxygen atoms in total. The zero-order chi connectivity index (χ0) is 23.1. The monoisotopic (exact) mass is 450 g/mol. The Hall–Kier alpha value is 0.110. The molecule has 0 saturated carbocycles. The molecule has 0 radical (unpaired) electrons. The van der Waals surface area contributed by atoms with Gasteiger partial charge >= 0.3 is 7.60 Å². The molecule has 30 heavy (non-hydrogen) atoms. The highest BCUT2D eigenvalue weighted by molar-refractivity contribution is 7.53. The quantitative estimate of drug-likeness (QED) is 0.0999. The summed E-state index contributed by atoms with van der Waals surface area (Å²) in [6, 6.07) is 0. The highest BCUT2D eigenvalue weighted by atomic mass is 31.2. The van der Waals surface area contributed by atoms with Crippen molar-refractivity contribution < 1.29 is 18.1 Å². The van der Waals surface area contributed by atoms with E-state index in [0.717, 1.165) is 17.4 Å². The van der Waals surface area contributed by atoms with Gasteiger partial charge in [-0.3, -0.25) is 4.57 Å². The number of hydrogen-bond acceptors (Lipinski definition) is 3. The van der Waals surface area contributed by atoms with Gasteiger partial charge in [-0.05, 0) is 26.7 Å². The number of quaternary nitrogens is 1. The second kappa shape index (κ2) is 22.3. The molecular weight excluding hydrogens is 393 g/mol. The van der Waals surface area contributed by atoms with Crippen LogP contribution in [0.2, 0.25) is 0 Å². The Morgan fingerprint density at radius 3 is 1.37 bits per heavy atom. The maximum absolute atomic E-state index is 12.5. The van der Waals surface area contributed by atoms with E-state index < -0.39 is 7.60 Å². The minimum absolute atomic E-state index is 0.453. The van der Waals surface area contributed by atoms with Gasteiger partial charge in [0.1, 0.15) is 0 Å². The fourth-order valence-electron chi connectivity index (χ4n) is 3.74. The molecule has 0 unspecified atom stereocenters. The van der Waals surface area contributed by atoms with E-state index in [2.05, 4.69) is 21.0 Å². The van der Waals surface area contributed by atoms with E-state index in [1.165, 1.54) is 83.6 Å². The first-order valence-electron chi connectivity index (χ1n) is 13.1. The van der Waals surface area contributed by atoms with Crippen LogP contribution < -0.4 is 0 Å². The lowest BCUT2D eigenvalue weighted by Crippen LogP contribution is -2.41. The van der Waals surface area contributed by atoms with Gasteiger partial charge in [0, 0.05) is 6.42 Å². The van der Waals surface area contributed by atoms with Crippen LogP contribution in [0.4, 0.5) is 0 Å². The summed E-state index contributed by atoms with van der Waals surface area (Å²) >= 11 is 0. The lowest BCUT2D eigenvalue weighted by atomic mass is 10.1. The standard InChI is InChI=1S/C23H51NO3P.C2H6/c1-6-9-10-11-12-13-14-15-16-17-18-19-21-24(4,5)22-20-23-28(25,26-7-2)27-8-3;1-2/h6-23H2,1-5H3;1-2H3/q+1;. The average Bonchev–Trinajstić information content (AvgIpc) is 2.70. The molecule has 5 heteroatoms. The van der Waals surface area contributed by atoms with Gasteiger partial charge in [-0.2, -0.15) is 0 Å². The molecule has 0 aromatic carbocycles. The molecule has 0 aliphatic rings. The SMILES string of the molecule is CC.CCCCCCCCCCCCCC[N+](C)(C)CCCP(=O)(OCC)OCC. The first kappa shape index (κ1) is 32.3. The summed E-state index contributed by atoms with van der Waals surface area (Å²) in [6.07, 6.45) is 18.2. The van der Waals surface area contributed by atoms with E-state index in [0.29, 0.717) is 19.4 Å². The molecule has 0 aliphatic heterocycles. The molecule has 0 amide bonds. The van der Waals surface area contributed by atoms with Crippen LogP contribution in [-0.4, -0.2) is 51.0 Å². The van der Waals surface area contributed by atoms with E-state index in [-0.39, 0.29) is 0 Å². The number of hydrogen-bond donors (Lipinski definition) is 0. The number of rotatable bonds is 21. The molecular formula is C25H57NO3P+. The third kappa shape index (κ3) is 21.3. The van der Waals surface area contributed by atoms with Crippen molar-refractivity contribution >= 4 is 7.60 Å². The number of nitrogens with zero attached hydrogens (tertiary/aromatic N) is 1. The Morgan fingerprint density at radius 1 is 0.600 bits per heavy atom. The molecule has 0 aromatic rings. The van der Waals surface area contributed by atoms with Crippen LogP contribution in [0.15, 0.2) is 0 Å². The first-order valence-corrected chi connectivity index (χ1v) is 14.8. The summed E-state index contributed by atoms with van der Waals surface area (Å²) in [4.78, 5) is 0. The van der Waals surface area contributed by atoms with Crippen LogP contribution in [0.25, 0.3) is 0 Å². The second-order valence-corrected chi connectivity index (χ2v) is 11.0. The molecule has 0 atom stereocenters. The van der Waals surface area contributed by atoms with Crippen molar-refractivity contribution in [3.05, 3.63) is 0 Å². The van der Waals surface area contributed by atoms with Gasteiger partial charge in [-0.15, -0.1) is 0 Å². The van der Waals surface area contributed by atoms with Crippen molar-refractivity contribution in [2.75, 3.05) is 46.6 Å². The molecule has 0 saturated heterocycles. The normalized spacial score (nSPS) is 12.0. The predicted molar refractivity (Wildman–Crippen MR) is 135 cm³/mol. The lowest BCUT2D eigenvalue weighted by molar-refractivity contribution is -0.890. The Kier molecular flexibility index (Phi) is 24.0. The van der Waals surface area contributed by atoms with Crippen molar-refractivity contribution in [2.45, 2.75) is 118 Å². The highest BCUT2D eigenvalue weighted by Crippen LogP contribution is 2.48. The molecule has 0 fully saturated rings. The second-order valence-electron chi connectivity index (χ2n) is 8.80. The molecule has 0 heterocycles. The summed E-state index contributed by atoms with van der Waals surface area (Å²) in [5.74, 6) is 0. The molecule has 184 valence electrons. The minimum Gasteiger partial charge on any atom is -0.328 e. The van der Waals surface area contributed by atoms with Crippen LogP contribution in [0.5, 0.6) is 0 Å². The summed E-state index contributed by atoms with van der Waals surface area (Å²) in [5.41, 5.74) is 0. The number of unbranched alkanes of at least 4 members (excludes halogenated alkanes) is 11. The molecule has 0 N–H and O–H groups in total. The molecule has 0 spiro atoms. The zero-order valence-corrected chi connectivity index (χ0v) is 22.7. The summed E-state index contributed by atoms with van der Waals surface area (Å²) < 4.78 is 24.3. The maximum atomic E-state index is 12.5. The van der Waals surface area contributed by atoms with Gasteiger partial charge in [0.25, 0.3) is 0 Å².